The number of amides is 2. The molecule has 0 unspecified atom stereocenters. The predicted molar refractivity (Wildman–Crippen MR) is 81.0 cm³/mol. The molecule has 0 aliphatic heterocycles. The topological polar surface area (TPSA) is 102 Å². The quantitative estimate of drug-likeness (QED) is 0.800. The highest BCUT2D eigenvalue weighted by Gasteiger charge is 2.07. The van der Waals surface area contributed by atoms with Crippen molar-refractivity contribution in [3.63, 3.8) is 0 Å². The second-order valence-electron chi connectivity index (χ2n) is 4.40. The molecule has 0 saturated carbocycles. The average Bonchev–Trinajstić information content (AvgIpc) is 2.77. The number of nitrogens with two attached hydrogens (primary N) is 1. The molecule has 110 valence electrons. The highest BCUT2D eigenvalue weighted by atomic mass is 35.5. The molecule has 0 aliphatic rings. The van der Waals surface area contributed by atoms with Crippen molar-refractivity contribution in [1.82, 2.24) is 9.78 Å². The van der Waals surface area contributed by atoms with E-state index in [0.29, 0.717) is 22.1 Å². The smallest absolute Gasteiger partial charge is 0.246 e. The molecule has 2 rings (SSSR count). The van der Waals surface area contributed by atoms with E-state index >= 15 is 0 Å². The van der Waals surface area contributed by atoms with Crippen molar-refractivity contribution in [2.45, 2.75) is 13.5 Å². The maximum atomic E-state index is 11.8. The number of hydrogen-bond donors (Lipinski definition) is 3. The Hall–Kier alpha value is -2.54. The van der Waals surface area contributed by atoms with Crippen molar-refractivity contribution in [2.24, 2.45) is 0 Å². The van der Waals surface area contributed by atoms with Crippen molar-refractivity contribution >= 4 is 40.5 Å². The fourth-order valence-electron chi connectivity index (χ4n) is 1.70. The maximum Gasteiger partial charge on any atom is 0.246 e. The van der Waals surface area contributed by atoms with Gasteiger partial charge in [0.25, 0.3) is 0 Å². The minimum absolute atomic E-state index is 0.0439. The Morgan fingerprint density at radius 1 is 1.38 bits per heavy atom. The van der Waals surface area contributed by atoms with Gasteiger partial charge in [-0.1, -0.05) is 11.6 Å². The molecule has 1 aromatic heterocycles. The first-order chi connectivity index (χ1) is 9.94. The third-order valence-electron chi connectivity index (χ3n) is 2.52. The summed E-state index contributed by atoms with van der Waals surface area (Å²) in [7, 11) is 0. The highest BCUT2D eigenvalue weighted by molar-refractivity contribution is 6.34. The molecule has 1 heterocycles. The van der Waals surface area contributed by atoms with Gasteiger partial charge in [-0.2, -0.15) is 5.10 Å². The van der Waals surface area contributed by atoms with Crippen LogP contribution in [-0.4, -0.2) is 21.6 Å². The average molecular weight is 308 g/mol. The number of nitrogen functional groups attached to an aromatic ring is 1. The fourth-order valence-corrected chi connectivity index (χ4v) is 1.93. The molecule has 0 aliphatic carbocycles. The third kappa shape index (κ3) is 4.22. The van der Waals surface area contributed by atoms with Crippen molar-refractivity contribution in [3.05, 3.63) is 35.6 Å². The highest BCUT2D eigenvalue weighted by Crippen LogP contribution is 2.25. The Morgan fingerprint density at radius 3 is 2.71 bits per heavy atom. The van der Waals surface area contributed by atoms with Crippen LogP contribution in [0, 0.1) is 0 Å². The molecule has 2 aromatic rings. The van der Waals surface area contributed by atoms with Gasteiger partial charge in [-0.15, -0.1) is 0 Å². The lowest BCUT2D eigenvalue weighted by atomic mass is 10.2. The molecule has 7 nitrogen and oxygen atoms in total. The number of hydrogen-bond acceptors (Lipinski definition) is 4. The summed E-state index contributed by atoms with van der Waals surface area (Å²) in [6.07, 6.45) is 3.03. The zero-order valence-electron chi connectivity index (χ0n) is 11.3. The molecule has 0 radical (unpaired) electrons. The predicted octanol–water partition coefficient (Wildman–Crippen LogP) is 1.72. The molecular formula is C13H14ClN5O2. The van der Waals surface area contributed by atoms with Gasteiger partial charge in [-0.25, -0.2) is 0 Å². The molecule has 2 amide bonds. The van der Waals surface area contributed by atoms with Gasteiger partial charge in [0.05, 0.1) is 22.6 Å². The first kappa shape index (κ1) is 14.9. The normalized spacial score (nSPS) is 10.2. The molecule has 0 bridgehead atoms. The zero-order chi connectivity index (χ0) is 15.4. The van der Waals surface area contributed by atoms with E-state index < -0.39 is 0 Å². The number of nitrogens with one attached hydrogen (secondary N) is 2. The molecule has 21 heavy (non-hydrogen) atoms. The fraction of sp³-hybridized carbons (Fsp3) is 0.154. The number of aromatic nitrogens is 2. The Labute approximate surface area is 126 Å². The van der Waals surface area contributed by atoms with E-state index in [4.69, 9.17) is 17.3 Å². The van der Waals surface area contributed by atoms with Gasteiger partial charge in [0, 0.05) is 18.8 Å². The van der Waals surface area contributed by atoms with E-state index in [2.05, 4.69) is 15.7 Å². The van der Waals surface area contributed by atoms with E-state index in [1.807, 2.05) is 0 Å². The summed E-state index contributed by atoms with van der Waals surface area (Å²) >= 11 is 6.02. The van der Waals surface area contributed by atoms with Crippen LogP contribution in [0.1, 0.15) is 6.92 Å². The van der Waals surface area contributed by atoms with E-state index in [0.717, 1.165) is 0 Å². The van der Waals surface area contributed by atoms with Crippen LogP contribution in [0.15, 0.2) is 30.6 Å². The van der Waals surface area contributed by atoms with Crippen molar-refractivity contribution < 1.29 is 9.59 Å². The summed E-state index contributed by atoms with van der Waals surface area (Å²) in [6, 6.07) is 4.82. The summed E-state index contributed by atoms with van der Waals surface area (Å²) in [5, 5.41) is 9.53. The molecule has 0 saturated heterocycles. The van der Waals surface area contributed by atoms with Gasteiger partial charge >= 0.3 is 0 Å². The molecule has 0 atom stereocenters. The van der Waals surface area contributed by atoms with Gasteiger partial charge in [-0.05, 0) is 18.2 Å². The lowest BCUT2D eigenvalue weighted by molar-refractivity contribution is -0.117. The maximum absolute atomic E-state index is 11.8. The third-order valence-corrected chi connectivity index (χ3v) is 2.84. The van der Waals surface area contributed by atoms with Gasteiger partial charge < -0.3 is 16.4 Å². The van der Waals surface area contributed by atoms with Crippen LogP contribution in [-0.2, 0) is 16.1 Å². The number of carbonyl (C=O) groups is 2. The van der Waals surface area contributed by atoms with Crippen LogP contribution in [0.25, 0.3) is 0 Å². The van der Waals surface area contributed by atoms with E-state index in [-0.39, 0.29) is 18.4 Å². The number of nitrogens with zero attached hydrogens (tertiary/aromatic N) is 2. The molecular weight excluding hydrogens is 294 g/mol. The first-order valence-corrected chi connectivity index (χ1v) is 6.47. The monoisotopic (exact) mass is 307 g/mol. The number of rotatable bonds is 4. The zero-order valence-corrected chi connectivity index (χ0v) is 12.0. The largest absolute Gasteiger partial charge is 0.396 e. The summed E-state index contributed by atoms with van der Waals surface area (Å²) in [6.45, 7) is 1.43. The van der Waals surface area contributed by atoms with Crippen LogP contribution >= 0.6 is 11.6 Å². The molecule has 1 aromatic carbocycles. The van der Waals surface area contributed by atoms with Gasteiger partial charge in [-0.3, -0.25) is 14.3 Å². The number of carbonyl (C=O) groups excluding carboxylic acids is 2. The lowest BCUT2D eigenvalue weighted by Crippen LogP contribution is -2.19. The molecule has 0 spiro atoms. The molecule has 8 heteroatoms. The van der Waals surface area contributed by atoms with Crippen molar-refractivity contribution in [2.75, 3.05) is 16.4 Å². The van der Waals surface area contributed by atoms with Crippen LogP contribution in [0.3, 0.4) is 0 Å². The Bertz CT molecular complexity index is 683. The number of anilines is 3. The van der Waals surface area contributed by atoms with Crippen molar-refractivity contribution in [1.29, 1.82) is 0 Å². The second-order valence-corrected chi connectivity index (χ2v) is 4.80. The Kier molecular flexibility index (Phi) is 4.44. The van der Waals surface area contributed by atoms with Gasteiger partial charge in [0.1, 0.15) is 6.54 Å². The van der Waals surface area contributed by atoms with E-state index in [1.165, 1.54) is 17.8 Å². The summed E-state index contributed by atoms with van der Waals surface area (Å²) < 4.78 is 1.43. The van der Waals surface area contributed by atoms with Crippen LogP contribution < -0.4 is 16.4 Å². The SMILES string of the molecule is CC(=O)Nc1ccc(NC(=O)Cn2cc(N)cn2)cc1Cl. The first-order valence-electron chi connectivity index (χ1n) is 6.09. The lowest BCUT2D eigenvalue weighted by Gasteiger charge is -2.09. The van der Waals surface area contributed by atoms with E-state index in [1.54, 1.807) is 24.4 Å². The Balaban J connectivity index is 2.01. The standard InChI is InChI=1S/C13H14ClN5O2/c1-8(20)17-12-3-2-10(4-11(12)14)18-13(21)7-19-6-9(15)5-16-19/h2-6H,7,15H2,1H3,(H,17,20)(H,18,21). The summed E-state index contributed by atoms with van der Waals surface area (Å²) in [5.74, 6) is -0.480. The summed E-state index contributed by atoms with van der Waals surface area (Å²) in [5.41, 5.74) is 7.02. The summed E-state index contributed by atoms with van der Waals surface area (Å²) in [4.78, 5) is 22.8. The molecule has 0 fully saturated rings. The second kappa shape index (κ2) is 6.27. The number of benzene rings is 1. The van der Waals surface area contributed by atoms with Crippen LogP contribution in [0.2, 0.25) is 5.02 Å². The Morgan fingerprint density at radius 2 is 2.14 bits per heavy atom. The van der Waals surface area contributed by atoms with E-state index in [9.17, 15) is 9.59 Å². The van der Waals surface area contributed by atoms with Gasteiger partial charge in [0.15, 0.2) is 0 Å². The minimum Gasteiger partial charge on any atom is -0.396 e. The minimum atomic E-state index is -0.263. The van der Waals surface area contributed by atoms with Crippen LogP contribution in [0.4, 0.5) is 17.1 Å². The van der Waals surface area contributed by atoms with Crippen molar-refractivity contribution in [3.8, 4) is 0 Å². The number of halogens is 1. The van der Waals surface area contributed by atoms with Gasteiger partial charge in [0.2, 0.25) is 11.8 Å². The van der Waals surface area contributed by atoms with Crippen LogP contribution in [0.5, 0.6) is 0 Å². The molecule has 4 N–H and O–H groups in total.